The van der Waals surface area contributed by atoms with E-state index < -0.39 is 5.60 Å². The smallest absolute Gasteiger partial charge is 0.182 e. The minimum absolute atomic E-state index is 0.524. The first kappa shape index (κ1) is 13.8. The molecule has 0 atom stereocenters. The highest BCUT2D eigenvalue weighted by molar-refractivity contribution is 7.13. The lowest BCUT2D eigenvalue weighted by atomic mass is 9.78. The van der Waals surface area contributed by atoms with E-state index in [0.29, 0.717) is 6.54 Å². The van der Waals surface area contributed by atoms with Crippen molar-refractivity contribution in [2.45, 2.75) is 58.0 Å². The van der Waals surface area contributed by atoms with Gasteiger partial charge in [0, 0.05) is 11.9 Å². The van der Waals surface area contributed by atoms with Gasteiger partial charge in [-0.3, -0.25) is 0 Å². The van der Waals surface area contributed by atoms with Gasteiger partial charge in [0.05, 0.1) is 11.3 Å². The largest absolute Gasteiger partial charge is 0.388 e. The van der Waals surface area contributed by atoms with E-state index in [1.807, 2.05) is 0 Å². The van der Waals surface area contributed by atoms with Crippen LogP contribution in [0.3, 0.4) is 0 Å². The number of hydrogen-bond donors (Lipinski definition) is 2. The molecule has 0 spiro atoms. The van der Waals surface area contributed by atoms with Crippen molar-refractivity contribution < 1.29 is 5.11 Å². The van der Waals surface area contributed by atoms with Crippen molar-refractivity contribution in [3.8, 4) is 0 Å². The molecule has 1 heterocycles. The number of anilines is 1. The van der Waals surface area contributed by atoms with Crippen LogP contribution in [0.2, 0.25) is 0 Å². The van der Waals surface area contributed by atoms with Gasteiger partial charge in [-0.05, 0) is 38.0 Å². The van der Waals surface area contributed by atoms with Crippen molar-refractivity contribution in [3.63, 3.8) is 0 Å². The second-order valence-electron chi connectivity index (χ2n) is 5.43. The molecule has 1 aromatic heterocycles. The van der Waals surface area contributed by atoms with Crippen molar-refractivity contribution in [3.05, 3.63) is 11.1 Å². The first-order valence-electron chi connectivity index (χ1n) is 7.06. The van der Waals surface area contributed by atoms with E-state index in [4.69, 9.17) is 0 Å². The first-order valence-corrected chi connectivity index (χ1v) is 7.94. The summed E-state index contributed by atoms with van der Waals surface area (Å²) in [6.45, 7) is 4.99. The predicted octanol–water partition coefficient (Wildman–Crippen LogP) is 3.45. The van der Waals surface area contributed by atoms with E-state index in [-0.39, 0.29) is 0 Å². The van der Waals surface area contributed by atoms with Gasteiger partial charge < -0.3 is 10.4 Å². The van der Waals surface area contributed by atoms with Crippen LogP contribution in [-0.2, 0) is 6.42 Å². The Morgan fingerprint density at radius 1 is 1.44 bits per heavy atom. The molecule has 2 rings (SSSR count). The van der Waals surface area contributed by atoms with Gasteiger partial charge in [0.2, 0.25) is 0 Å². The summed E-state index contributed by atoms with van der Waals surface area (Å²) in [6, 6.07) is 0. The number of nitrogens with one attached hydrogen (secondary N) is 1. The van der Waals surface area contributed by atoms with E-state index in [1.165, 1.54) is 6.42 Å². The standard InChI is InChI=1S/C14H24N2OS/c1-3-11-5-7-14(17,8-6-11)10-15-13-16-12(4-2)9-18-13/h9,11,17H,3-8,10H2,1-2H3,(H,15,16). The number of nitrogens with zero attached hydrogens (tertiary/aromatic N) is 1. The highest BCUT2D eigenvalue weighted by Gasteiger charge is 2.32. The second kappa shape index (κ2) is 6.02. The van der Waals surface area contributed by atoms with E-state index in [9.17, 15) is 5.11 Å². The minimum atomic E-state index is -0.524. The molecule has 0 unspecified atom stereocenters. The number of thiazole rings is 1. The average molecular weight is 268 g/mol. The van der Waals surface area contributed by atoms with Crippen molar-refractivity contribution in [1.82, 2.24) is 4.98 Å². The highest BCUT2D eigenvalue weighted by Crippen LogP contribution is 2.34. The van der Waals surface area contributed by atoms with E-state index >= 15 is 0 Å². The molecular weight excluding hydrogens is 244 g/mol. The van der Waals surface area contributed by atoms with E-state index in [1.54, 1.807) is 11.3 Å². The SMILES string of the molecule is CCc1csc(NCC2(O)CCC(CC)CC2)n1. The molecule has 3 nitrogen and oxygen atoms in total. The number of aliphatic hydroxyl groups is 1. The number of aryl methyl sites for hydroxylation is 1. The van der Waals surface area contributed by atoms with Crippen LogP contribution < -0.4 is 5.32 Å². The first-order chi connectivity index (χ1) is 8.65. The lowest BCUT2D eigenvalue weighted by molar-refractivity contribution is 0.00229. The maximum atomic E-state index is 10.5. The zero-order chi connectivity index (χ0) is 13.0. The molecule has 4 heteroatoms. The maximum absolute atomic E-state index is 10.5. The van der Waals surface area contributed by atoms with Crippen LogP contribution in [0.15, 0.2) is 5.38 Å². The van der Waals surface area contributed by atoms with Gasteiger partial charge in [0.25, 0.3) is 0 Å². The Hall–Kier alpha value is -0.610. The Labute approximate surface area is 114 Å². The van der Waals surface area contributed by atoms with Gasteiger partial charge in [-0.2, -0.15) is 0 Å². The summed E-state index contributed by atoms with van der Waals surface area (Å²) in [6.07, 6.45) is 6.38. The quantitative estimate of drug-likeness (QED) is 0.859. The molecule has 1 aromatic rings. The predicted molar refractivity (Wildman–Crippen MR) is 77.2 cm³/mol. The number of hydrogen-bond acceptors (Lipinski definition) is 4. The van der Waals surface area contributed by atoms with Crippen molar-refractivity contribution in [2.24, 2.45) is 5.92 Å². The van der Waals surface area contributed by atoms with Crippen LogP contribution in [0.5, 0.6) is 0 Å². The second-order valence-corrected chi connectivity index (χ2v) is 6.29. The fraction of sp³-hybridized carbons (Fsp3) is 0.786. The summed E-state index contributed by atoms with van der Waals surface area (Å²) >= 11 is 1.63. The summed E-state index contributed by atoms with van der Waals surface area (Å²) < 4.78 is 0. The summed E-state index contributed by atoms with van der Waals surface area (Å²) in [7, 11) is 0. The zero-order valence-corrected chi connectivity index (χ0v) is 12.2. The van der Waals surface area contributed by atoms with Gasteiger partial charge in [0.1, 0.15) is 0 Å². The highest BCUT2D eigenvalue weighted by atomic mass is 32.1. The van der Waals surface area contributed by atoms with E-state index in [2.05, 4.69) is 29.5 Å². The van der Waals surface area contributed by atoms with Crippen molar-refractivity contribution in [1.29, 1.82) is 0 Å². The average Bonchev–Trinajstić information content (AvgIpc) is 2.86. The molecular formula is C14H24N2OS. The number of rotatable bonds is 5. The fourth-order valence-corrected chi connectivity index (χ4v) is 3.38. The van der Waals surface area contributed by atoms with Crippen LogP contribution in [0, 0.1) is 5.92 Å². The molecule has 18 heavy (non-hydrogen) atoms. The van der Waals surface area contributed by atoms with Gasteiger partial charge in [-0.1, -0.05) is 20.3 Å². The Bertz CT molecular complexity index is 370. The van der Waals surface area contributed by atoms with Crippen LogP contribution in [-0.4, -0.2) is 22.2 Å². The van der Waals surface area contributed by atoms with Crippen LogP contribution in [0.4, 0.5) is 5.13 Å². The molecule has 0 radical (unpaired) electrons. The Balaban J connectivity index is 1.82. The Kier molecular flexibility index (Phi) is 4.62. The fourth-order valence-electron chi connectivity index (χ4n) is 2.59. The summed E-state index contributed by atoms with van der Waals surface area (Å²) in [5.74, 6) is 0.817. The normalized spacial score (nSPS) is 28.3. The Morgan fingerprint density at radius 3 is 2.72 bits per heavy atom. The summed E-state index contributed by atoms with van der Waals surface area (Å²) in [4.78, 5) is 4.47. The molecule has 2 N–H and O–H groups in total. The molecule has 0 saturated heterocycles. The van der Waals surface area contributed by atoms with Gasteiger partial charge in [-0.15, -0.1) is 11.3 Å². The molecule has 102 valence electrons. The lowest BCUT2D eigenvalue weighted by Crippen LogP contribution is -2.40. The monoisotopic (exact) mass is 268 g/mol. The van der Waals surface area contributed by atoms with Gasteiger partial charge in [-0.25, -0.2) is 4.98 Å². The Morgan fingerprint density at radius 2 is 2.17 bits per heavy atom. The molecule has 1 saturated carbocycles. The maximum Gasteiger partial charge on any atom is 0.182 e. The van der Waals surface area contributed by atoms with Crippen LogP contribution in [0.25, 0.3) is 0 Å². The third-order valence-electron chi connectivity index (χ3n) is 4.10. The lowest BCUT2D eigenvalue weighted by Gasteiger charge is -2.35. The van der Waals surface area contributed by atoms with Crippen LogP contribution >= 0.6 is 11.3 Å². The molecule has 0 aliphatic heterocycles. The molecule has 1 fully saturated rings. The molecule has 0 aromatic carbocycles. The summed E-state index contributed by atoms with van der Waals surface area (Å²) in [5, 5.41) is 16.9. The minimum Gasteiger partial charge on any atom is -0.388 e. The summed E-state index contributed by atoms with van der Waals surface area (Å²) in [5.41, 5.74) is 0.605. The molecule has 1 aliphatic carbocycles. The van der Waals surface area contributed by atoms with Crippen LogP contribution in [0.1, 0.15) is 51.6 Å². The van der Waals surface area contributed by atoms with Crippen molar-refractivity contribution in [2.75, 3.05) is 11.9 Å². The van der Waals surface area contributed by atoms with Crippen molar-refractivity contribution >= 4 is 16.5 Å². The molecule has 0 amide bonds. The zero-order valence-electron chi connectivity index (χ0n) is 11.4. The third kappa shape index (κ3) is 3.45. The molecule has 1 aliphatic rings. The topological polar surface area (TPSA) is 45.1 Å². The number of aromatic nitrogens is 1. The van der Waals surface area contributed by atoms with Gasteiger partial charge in [0.15, 0.2) is 5.13 Å². The van der Waals surface area contributed by atoms with Gasteiger partial charge >= 0.3 is 0 Å². The third-order valence-corrected chi connectivity index (χ3v) is 4.94. The molecule has 0 bridgehead atoms. The van der Waals surface area contributed by atoms with E-state index in [0.717, 1.165) is 48.8 Å².